The van der Waals surface area contributed by atoms with Crippen molar-refractivity contribution < 1.29 is 9.53 Å². The number of rotatable bonds is 3. The molecule has 0 aliphatic carbocycles. The summed E-state index contributed by atoms with van der Waals surface area (Å²) in [6.45, 7) is 11.8. The van der Waals surface area contributed by atoms with Crippen LogP contribution in [-0.4, -0.2) is 16.1 Å². The Hall–Kier alpha value is -2.30. The van der Waals surface area contributed by atoms with Gasteiger partial charge in [0.1, 0.15) is 11.3 Å². The van der Waals surface area contributed by atoms with Crippen molar-refractivity contribution in [1.82, 2.24) is 4.57 Å². The average Bonchev–Trinajstić information content (AvgIpc) is 2.63. The number of hydrogen-bond donors (Lipinski definition) is 0. The molecule has 0 unspecified atom stereocenters. The molecule has 0 aliphatic heterocycles. The highest BCUT2D eigenvalue weighted by molar-refractivity contribution is 6.43. The van der Waals surface area contributed by atoms with Gasteiger partial charge in [-0.2, -0.15) is 0 Å². The van der Waals surface area contributed by atoms with Crippen molar-refractivity contribution in [2.24, 2.45) is 5.41 Å². The number of halogens is 2. The summed E-state index contributed by atoms with van der Waals surface area (Å²) in [5, 5.41) is 1.58. The van der Waals surface area contributed by atoms with Crippen LogP contribution in [0.2, 0.25) is 10.0 Å². The fraction of sp³-hybridized carbons (Fsp3) is 0.360. The number of ether oxygens (including phenoxy) is 1. The molecule has 0 spiro atoms. The number of carbonyl (C=O) groups excluding carboxylic acids is 1. The number of benzene rings is 2. The van der Waals surface area contributed by atoms with Crippen LogP contribution < -0.4 is 5.56 Å². The molecule has 0 fully saturated rings. The molecule has 0 amide bonds. The van der Waals surface area contributed by atoms with Crippen LogP contribution >= 0.6 is 23.2 Å². The molecule has 1 aromatic heterocycles. The second-order valence-electron chi connectivity index (χ2n) is 9.86. The quantitative estimate of drug-likeness (QED) is 0.397. The van der Waals surface area contributed by atoms with Gasteiger partial charge in [0.2, 0.25) is 0 Å². The molecule has 3 rings (SSSR count). The Morgan fingerprint density at radius 3 is 2.00 bits per heavy atom. The summed E-state index contributed by atoms with van der Waals surface area (Å²) in [7, 11) is 0. The first kappa shape index (κ1) is 23.4. The standard InChI is InChI=1S/C25H27Cl2NO3/c1-24(2,3)14-28-21(23(30)31-25(4,5)6)20(15-10-8-7-9-11-15)16-12-18(26)19(27)13-17(16)22(28)29/h7-13H,14H2,1-6H3. The van der Waals surface area contributed by atoms with Crippen LogP contribution in [0.1, 0.15) is 52.0 Å². The lowest BCUT2D eigenvalue weighted by molar-refractivity contribution is 0.00556. The van der Waals surface area contributed by atoms with Crippen molar-refractivity contribution in [2.45, 2.75) is 53.7 Å². The van der Waals surface area contributed by atoms with Crippen LogP contribution in [0.3, 0.4) is 0 Å². The van der Waals surface area contributed by atoms with Gasteiger partial charge in [-0.3, -0.25) is 4.79 Å². The van der Waals surface area contributed by atoms with Gasteiger partial charge in [0, 0.05) is 17.5 Å². The number of nitrogens with zero attached hydrogens (tertiary/aromatic N) is 1. The predicted octanol–water partition coefficient (Wildman–Crippen LogP) is 6.98. The molecule has 164 valence electrons. The van der Waals surface area contributed by atoms with E-state index in [-0.39, 0.29) is 21.7 Å². The molecule has 31 heavy (non-hydrogen) atoms. The second-order valence-corrected chi connectivity index (χ2v) is 10.7. The fourth-order valence-electron chi connectivity index (χ4n) is 3.50. The van der Waals surface area contributed by atoms with Gasteiger partial charge >= 0.3 is 5.97 Å². The van der Waals surface area contributed by atoms with Gasteiger partial charge in [-0.25, -0.2) is 4.79 Å². The van der Waals surface area contributed by atoms with Gasteiger partial charge in [0.15, 0.2) is 0 Å². The van der Waals surface area contributed by atoms with E-state index in [0.29, 0.717) is 27.9 Å². The van der Waals surface area contributed by atoms with Gasteiger partial charge in [-0.1, -0.05) is 74.3 Å². The third-order valence-corrected chi connectivity index (χ3v) is 5.32. The zero-order valence-electron chi connectivity index (χ0n) is 18.7. The van der Waals surface area contributed by atoms with E-state index < -0.39 is 11.6 Å². The molecule has 2 aromatic carbocycles. The molecule has 0 radical (unpaired) electrons. The van der Waals surface area contributed by atoms with Crippen LogP contribution in [-0.2, 0) is 11.3 Å². The molecule has 6 heteroatoms. The van der Waals surface area contributed by atoms with E-state index in [1.54, 1.807) is 32.9 Å². The van der Waals surface area contributed by atoms with E-state index in [4.69, 9.17) is 27.9 Å². The van der Waals surface area contributed by atoms with Gasteiger partial charge < -0.3 is 9.30 Å². The zero-order valence-corrected chi connectivity index (χ0v) is 20.2. The molecule has 0 saturated carbocycles. The van der Waals surface area contributed by atoms with Crippen molar-refractivity contribution in [2.75, 3.05) is 0 Å². The summed E-state index contributed by atoms with van der Waals surface area (Å²) < 4.78 is 7.26. The maximum Gasteiger partial charge on any atom is 0.356 e. The highest BCUT2D eigenvalue weighted by Gasteiger charge is 2.29. The summed E-state index contributed by atoms with van der Waals surface area (Å²) in [4.78, 5) is 27.1. The second kappa shape index (κ2) is 8.33. The molecular weight excluding hydrogens is 433 g/mol. The van der Waals surface area contributed by atoms with Crippen molar-refractivity contribution in [3.63, 3.8) is 0 Å². The SMILES string of the molecule is CC(C)(C)Cn1c(C(=O)OC(C)(C)C)c(-c2ccccc2)c2cc(Cl)c(Cl)cc2c1=O. The normalized spacial score (nSPS) is 12.3. The van der Waals surface area contributed by atoms with Crippen LogP contribution in [0.5, 0.6) is 0 Å². The Morgan fingerprint density at radius 2 is 1.48 bits per heavy atom. The summed E-state index contributed by atoms with van der Waals surface area (Å²) in [6, 6.07) is 12.7. The summed E-state index contributed by atoms with van der Waals surface area (Å²) in [5.41, 5.74) is 0.316. The van der Waals surface area contributed by atoms with E-state index in [9.17, 15) is 9.59 Å². The number of esters is 1. The molecule has 1 heterocycles. The molecule has 0 N–H and O–H groups in total. The van der Waals surface area contributed by atoms with Crippen molar-refractivity contribution in [1.29, 1.82) is 0 Å². The lowest BCUT2D eigenvalue weighted by Gasteiger charge is -2.27. The molecule has 0 bridgehead atoms. The highest BCUT2D eigenvalue weighted by atomic mass is 35.5. The molecule has 0 saturated heterocycles. The van der Waals surface area contributed by atoms with Crippen LogP contribution in [0, 0.1) is 5.41 Å². The zero-order chi connectivity index (χ0) is 23.1. The van der Waals surface area contributed by atoms with E-state index in [1.807, 2.05) is 51.1 Å². The minimum atomic E-state index is -0.722. The summed E-state index contributed by atoms with van der Waals surface area (Å²) in [6.07, 6.45) is 0. The lowest BCUT2D eigenvalue weighted by Crippen LogP contribution is -2.34. The van der Waals surface area contributed by atoms with Gasteiger partial charge in [0.05, 0.1) is 10.0 Å². The Bertz CT molecular complexity index is 1200. The van der Waals surface area contributed by atoms with E-state index in [2.05, 4.69) is 0 Å². The smallest absolute Gasteiger partial charge is 0.356 e. The lowest BCUT2D eigenvalue weighted by atomic mass is 9.93. The summed E-state index contributed by atoms with van der Waals surface area (Å²) in [5.74, 6) is -0.555. The van der Waals surface area contributed by atoms with E-state index in [1.165, 1.54) is 4.57 Å². The fourth-order valence-corrected chi connectivity index (χ4v) is 3.83. The first-order chi connectivity index (χ1) is 14.3. The number of aromatic nitrogens is 1. The maximum absolute atomic E-state index is 13.6. The minimum Gasteiger partial charge on any atom is -0.455 e. The molecule has 0 aliphatic rings. The third kappa shape index (κ3) is 5.13. The van der Waals surface area contributed by atoms with E-state index >= 15 is 0 Å². The molecule has 0 atom stereocenters. The van der Waals surface area contributed by atoms with Crippen LogP contribution in [0.4, 0.5) is 0 Å². The van der Waals surface area contributed by atoms with Crippen LogP contribution in [0.25, 0.3) is 21.9 Å². The van der Waals surface area contributed by atoms with Crippen molar-refractivity contribution >= 4 is 39.9 Å². The number of pyridine rings is 1. The Kier molecular flexibility index (Phi) is 6.28. The number of carbonyl (C=O) groups is 1. The van der Waals surface area contributed by atoms with Crippen molar-refractivity contribution in [3.8, 4) is 11.1 Å². The number of hydrogen-bond acceptors (Lipinski definition) is 3. The molecule has 3 aromatic rings. The maximum atomic E-state index is 13.6. The van der Waals surface area contributed by atoms with Crippen LogP contribution in [0.15, 0.2) is 47.3 Å². The topological polar surface area (TPSA) is 48.3 Å². The van der Waals surface area contributed by atoms with Gasteiger partial charge in [0.25, 0.3) is 5.56 Å². The van der Waals surface area contributed by atoms with Gasteiger partial charge in [-0.15, -0.1) is 0 Å². The monoisotopic (exact) mass is 459 g/mol. The van der Waals surface area contributed by atoms with E-state index in [0.717, 1.165) is 5.56 Å². The minimum absolute atomic E-state index is 0.215. The third-order valence-electron chi connectivity index (χ3n) is 4.60. The Labute approximate surface area is 192 Å². The average molecular weight is 460 g/mol. The Balaban J connectivity index is 2.54. The number of fused-ring (bicyclic) bond motifs is 1. The Morgan fingerprint density at radius 1 is 0.935 bits per heavy atom. The molecule has 4 nitrogen and oxygen atoms in total. The van der Waals surface area contributed by atoms with Gasteiger partial charge in [-0.05, 0) is 49.3 Å². The first-order valence-electron chi connectivity index (χ1n) is 10.1. The molecular formula is C25H27Cl2NO3. The highest BCUT2D eigenvalue weighted by Crippen LogP contribution is 2.36. The predicted molar refractivity (Wildman–Crippen MR) is 128 cm³/mol. The summed E-state index contributed by atoms with van der Waals surface area (Å²) >= 11 is 12.6. The largest absolute Gasteiger partial charge is 0.455 e. The van der Waals surface area contributed by atoms with Crippen molar-refractivity contribution in [3.05, 3.63) is 68.6 Å². The first-order valence-corrected chi connectivity index (χ1v) is 10.9.